The number of rotatable bonds is 5. The molecule has 3 aromatic rings. The SMILES string of the molecule is O=C1c2cc(-c3ccc(OC(F)(F)F)cc3)ccc2OCCN1Cc1ccn(C(F)F)n1. The molecule has 2 heterocycles. The monoisotopic (exact) mass is 453 g/mol. The number of aromatic nitrogens is 2. The van der Waals surface area contributed by atoms with E-state index in [1.165, 1.54) is 35.2 Å². The Morgan fingerprint density at radius 1 is 1.06 bits per heavy atom. The zero-order valence-electron chi connectivity index (χ0n) is 16.4. The van der Waals surface area contributed by atoms with Gasteiger partial charge in [0.05, 0.1) is 24.3 Å². The van der Waals surface area contributed by atoms with Crippen molar-refractivity contribution in [2.45, 2.75) is 19.5 Å². The Hall–Kier alpha value is -3.63. The summed E-state index contributed by atoms with van der Waals surface area (Å²) in [6.07, 6.45) is -3.65. The Morgan fingerprint density at radius 2 is 1.78 bits per heavy atom. The molecule has 0 spiro atoms. The molecular formula is C21H16F5N3O3. The van der Waals surface area contributed by atoms with Crippen molar-refractivity contribution in [3.05, 3.63) is 66.0 Å². The van der Waals surface area contributed by atoms with Gasteiger partial charge in [0.25, 0.3) is 5.91 Å². The fourth-order valence-corrected chi connectivity index (χ4v) is 3.31. The Bertz CT molecular complexity index is 1110. The molecular weight excluding hydrogens is 437 g/mol. The van der Waals surface area contributed by atoms with Crippen molar-refractivity contribution < 1.29 is 36.2 Å². The lowest BCUT2D eigenvalue weighted by Crippen LogP contribution is -2.32. The van der Waals surface area contributed by atoms with Gasteiger partial charge < -0.3 is 14.4 Å². The first-order valence-electron chi connectivity index (χ1n) is 9.44. The summed E-state index contributed by atoms with van der Waals surface area (Å²) in [4.78, 5) is 14.5. The number of amides is 1. The first kappa shape index (κ1) is 21.6. The number of halogens is 5. The number of nitrogens with zero attached hydrogens (tertiary/aromatic N) is 3. The molecule has 1 amide bonds. The van der Waals surface area contributed by atoms with Crippen LogP contribution in [0.2, 0.25) is 0 Å². The normalized spacial score (nSPS) is 14.2. The number of hydrogen-bond donors (Lipinski definition) is 0. The molecule has 0 aliphatic carbocycles. The summed E-state index contributed by atoms with van der Waals surface area (Å²) < 4.78 is 72.6. The Balaban J connectivity index is 1.56. The quantitative estimate of drug-likeness (QED) is 0.517. The lowest BCUT2D eigenvalue weighted by atomic mass is 10.0. The summed E-state index contributed by atoms with van der Waals surface area (Å²) in [6, 6.07) is 11.5. The predicted molar refractivity (Wildman–Crippen MR) is 102 cm³/mol. The van der Waals surface area contributed by atoms with Crippen LogP contribution in [0.5, 0.6) is 11.5 Å². The minimum atomic E-state index is -4.79. The molecule has 0 saturated heterocycles. The molecule has 1 aromatic heterocycles. The highest BCUT2D eigenvalue weighted by Crippen LogP contribution is 2.31. The summed E-state index contributed by atoms with van der Waals surface area (Å²) in [5.74, 6) is -0.371. The van der Waals surface area contributed by atoms with E-state index in [9.17, 15) is 26.7 Å². The minimum Gasteiger partial charge on any atom is -0.491 e. The van der Waals surface area contributed by atoms with Gasteiger partial charge in [-0.25, -0.2) is 4.68 Å². The summed E-state index contributed by atoms with van der Waals surface area (Å²) in [5.41, 5.74) is 1.71. The number of hydrogen-bond acceptors (Lipinski definition) is 4. The molecule has 11 heteroatoms. The largest absolute Gasteiger partial charge is 0.573 e. The van der Waals surface area contributed by atoms with Crippen molar-refractivity contribution in [2.75, 3.05) is 13.2 Å². The van der Waals surface area contributed by atoms with Crippen molar-refractivity contribution in [2.24, 2.45) is 0 Å². The van der Waals surface area contributed by atoms with E-state index in [-0.39, 0.29) is 36.9 Å². The first-order valence-corrected chi connectivity index (χ1v) is 9.44. The second-order valence-corrected chi connectivity index (χ2v) is 6.92. The number of carbonyl (C=O) groups is 1. The Kier molecular flexibility index (Phi) is 5.72. The van der Waals surface area contributed by atoms with E-state index in [2.05, 4.69) is 9.84 Å². The minimum absolute atomic E-state index is 0.0229. The Labute approximate surface area is 178 Å². The van der Waals surface area contributed by atoms with E-state index in [1.54, 1.807) is 18.2 Å². The van der Waals surface area contributed by atoms with E-state index in [1.807, 2.05) is 0 Å². The summed E-state index contributed by atoms with van der Waals surface area (Å²) in [5, 5.41) is 3.76. The lowest BCUT2D eigenvalue weighted by Gasteiger charge is -2.19. The average molecular weight is 453 g/mol. The second kappa shape index (κ2) is 8.48. The molecule has 0 radical (unpaired) electrons. The lowest BCUT2D eigenvalue weighted by molar-refractivity contribution is -0.274. The van der Waals surface area contributed by atoms with Crippen LogP contribution in [0, 0.1) is 0 Å². The molecule has 4 rings (SSSR count). The van der Waals surface area contributed by atoms with Crippen LogP contribution in [-0.2, 0) is 6.54 Å². The van der Waals surface area contributed by atoms with Crippen molar-refractivity contribution in [3.8, 4) is 22.6 Å². The van der Waals surface area contributed by atoms with Crippen LogP contribution < -0.4 is 9.47 Å². The van der Waals surface area contributed by atoms with Gasteiger partial charge in [-0.05, 0) is 41.5 Å². The summed E-state index contributed by atoms with van der Waals surface area (Å²) in [7, 11) is 0. The van der Waals surface area contributed by atoms with Gasteiger partial charge in [-0.2, -0.15) is 13.9 Å². The molecule has 0 N–H and O–H groups in total. The maximum Gasteiger partial charge on any atom is 0.573 e. The Morgan fingerprint density at radius 3 is 2.44 bits per heavy atom. The molecule has 168 valence electrons. The third-order valence-corrected chi connectivity index (χ3v) is 4.75. The van der Waals surface area contributed by atoms with Gasteiger partial charge in [0.2, 0.25) is 0 Å². The highest BCUT2D eigenvalue weighted by Gasteiger charge is 2.31. The predicted octanol–water partition coefficient (Wildman–Crippen LogP) is 4.88. The number of carbonyl (C=O) groups excluding carboxylic acids is 1. The first-order chi connectivity index (χ1) is 15.2. The fraction of sp³-hybridized carbons (Fsp3) is 0.238. The maximum atomic E-state index is 13.1. The van der Waals surface area contributed by atoms with Crippen LogP contribution in [0.1, 0.15) is 22.6 Å². The zero-order chi connectivity index (χ0) is 22.9. The highest BCUT2D eigenvalue weighted by molar-refractivity contribution is 5.98. The standard InChI is InChI=1S/C21H16F5N3O3/c22-20(23)29-8-7-15(27-29)12-28-9-10-31-18-6-3-14(11-17(18)19(28)30)13-1-4-16(5-2-13)32-21(24,25)26/h1-8,11,20H,9-10,12H2. The number of fused-ring (bicyclic) bond motifs is 1. The maximum absolute atomic E-state index is 13.1. The van der Waals surface area contributed by atoms with Crippen LogP contribution >= 0.6 is 0 Å². The van der Waals surface area contributed by atoms with Gasteiger partial charge >= 0.3 is 12.9 Å². The van der Waals surface area contributed by atoms with Crippen molar-refractivity contribution in [3.63, 3.8) is 0 Å². The van der Waals surface area contributed by atoms with Crippen LogP contribution in [0.15, 0.2) is 54.7 Å². The van der Waals surface area contributed by atoms with Crippen LogP contribution in [0.3, 0.4) is 0 Å². The molecule has 6 nitrogen and oxygen atoms in total. The van der Waals surface area contributed by atoms with E-state index in [4.69, 9.17) is 4.74 Å². The molecule has 1 aliphatic heterocycles. The van der Waals surface area contributed by atoms with E-state index in [0.717, 1.165) is 6.20 Å². The third kappa shape index (κ3) is 4.82. The molecule has 0 fully saturated rings. The molecule has 0 bridgehead atoms. The van der Waals surface area contributed by atoms with Gasteiger partial charge in [-0.1, -0.05) is 18.2 Å². The summed E-state index contributed by atoms with van der Waals surface area (Å²) in [6.45, 7) is -2.32. The molecule has 2 aromatic carbocycles. The van der Waals surface area contributed by atoms with Gasteiger partial charge in [-0.3, -0.25) is 4.79 Å². The average Bonchev–Trinajstić information content (AvgIpc) is 3.15. The van der Waals surface area contributed by atoms with Crippen LogP contribution in [0.4, 0.5) is 22.0 Å². The zero-order valence-corrected chi connectivity index (χ0v) is 16.4. The molecule has 0 saturated carbocycles. The van der Waals surface area contributed by atoms with Gasteiger partial charge in [0, 0.05) is 6.20 Å². The van der Waals surface area contributed by atoms with E-state index >= 15 is 0 Å². The van der Waals surface area contributed by atoms with Crippen molar-refractivity contribution in [1.82, 2.24) is 14.7 Å². The van der Waals surface area contributed by atoms with Crippen LogP contribution in [-0.4, -0.2) is 40.1 Å². The van der Waals surface area contributed by atoms with Gasteiger partial charge in [0.15, 0.2) is 0 Å². The number of alkyl halides is 5. The van der Waals surface area contributed by atoms with Crippen LogP contribution in [0.25, 0.3) is 11.1 Å². The van der Waals surface area contributed by atoms with Gasteiger partial charge in [0.1, 0.15) is 18.1 Å². The third-order valence-electron chi connectivity index (χ3n) is 4.75. The summed E-state index contributed by atoms with van der Waals surface area (Å²) >= 11 is 0. The molecule has 0 atom stereocenters. The van der Waals surface area contributed by atoms with E-state index in [0.29, 0.717) is 27.3 Å². The fourth-order valence-electron chi connectivity index (χ4n) is 3.31. The van der Waals surface area contributed by atoms with E-state index < -0.39 is 12.9 Å². The van der Waals surface area contributed by atoms with Gasteiger partial charge in [-0.15, -0.1) is 13.2 Å². The molecule has 1 aliphatic rings. The number of benzene rings is 2. The number of ether oxygens (including phenoxy) is 2. The second-order valence-electron chi connectivity index (χ2n) is 6.92. The van der Waals surface area contributed by atoms with Crippen molar-refractivity contribution >= 4 is 5.91 Å². The molecule has 32 heavy (non-hydrogen) atoms. The van der Waals surface area contributed by atoms with Crippen molar-refractivity contribution in [1.29, 1.82) is 0 Å². The topological polar surface area (TPSA) is 56.6 Å². The highest BCUT2D eigenvalue weighted by atomic mass is 19.4. The molecule has 0 unspecified atom stereocenters. The smallest absolute Gasteiger partial charge is 0.491 e.